The second kappa shape index (κ2) is 4.61. The molecule has 1 aliphatic carbocycles. The quantitative estimate of drug-likeness (QED) is 0.810. The van der Waals surface area contributed by atoms with Gasteiger partial charge < -0.3 is 14.6 Å². The Hall–Kier alpha value is -1.55. The molecule has 2 atom stereocenters. The molecule has 1 fully saturated rings. The molecule has 1 aromatic carbocycles. The maximum atomic E-state index is 11.3. The van der Waals surface area contributed by atoms with E-state index in [0.717, 1.165) is 24.8 Å². The molecule has 1 aliphatic heterocycles. The van der Waals surface area contributed by atoms with Gasteiger partial charge in [-0.25, -0.2) is 4.79 Å². The Balaban J connectivity index is 1.81. The number of cyclic esters (lactones) is 1. The van der Waals surface area contributed by atoms with Crippen LogP contribution in [0.3, 0.4) is 0 Å². The van der Waals surface area contributed by atoms with E-state index in [2.05, 4.69) is 0 Å². The molecular formula is C14H16O4. The predicted molar refractivity (Wildman–Crippen MR) is 64.3 cm³/mol. The van der Waals surface area contributed by atoms with Crippen molar-refractivity contribution in [3.8, 4) is 5.75 Å². The number of aliphatic hydroxyl groups excluding tert-OH is 1. The number of esters is 1. The average molecular weight is 248 g/mol. The van der Waals surface area contributed by atoms with E-state index < -0.39 is 12.2 Å². The van der Waals surface area contributed by atoms with Gasteiger partial charge in [0.05, 0.1) is 12.7 Å². The Morgan fingerprint density at radius 2 is 2.22 bits per heavy atom. The molecule has 18 heavy (non-hydrogen) atoms. The summed E-state index contributed by atoms with van der Waals surface area (Å²) in [5, 5.41) is 9.95. The van der Waals surface area contributed by atoms with Gasteiger partial charge in [0.25, 0.3) is 0 Å². The molecule has 0 spiro atoms. The van der Waals surface area contributed by atoms with Gasteiger partial charge in [0, 0.05) is 6.42 Å². The van der Waals surface area contributed by atoms with Crippen molar-refractivity contribution in [3.63, 3.8) is 0 Å². The molecule has 4 nitrogen and oxygen atoms in total. The summed E-state index contributed by atoms with van der Waals surface area (Å²) < 4.78 is 10.5. The molecule has 1 unspecified atom stereocenters. The maximum Gasteiger partial charge on any atom is 0.347 e. The van der Waals surface area contributed by atoms with Crippen molar-refractivity contribution in [2.75, 3.05) is 6.61 Å². The number of benzene rings is 1. The van der Waals surface area contributed by atoms with Crippen molar-refractivity contribution in [1.82, 2.24) is 0 Å². The third-order valence-corrected chi connectivity index (χ3v) is 3.57. The summed E-state index contributed by atoms with van der Waals surface area (Å²) in [7, 11) is 0. The summed E-state index contributed by atoms with van der Waals surface area (Å²) in [6, 6.07) is 5.70. The van der Waals surface area contributed by atoms with E-state index in [0.29, 0.717) is 18.8 Å². The molecule has 96 valence electrons. The lowest BCUT2D eigenvalue weighted by atomic mass is 9.89. The van der Waals surface area contributed by atoms with Crippen LogP contribution in [0.1, 0.15) is 36.5 Å². The third kappa shape index (κ3) is 2.08. The first kappa shape index (κ1) is 11.5. The minimum absolute atomic E-state index is 0.298. The second-order valence-electron chi connectivity index (χ2n) is 4.83. The lowest BCUT2D eigenvalue weighted by Crippen LogP contribution is -2.22. The van der Waals surface area contributed by atoms with Crippen LogP contribution in [0.5, 0.6) is 5.75 Å². The summed E-state index contributed by atoms with van der Waals surface area (Å²) in [5.41, 5.74) is 2.11. The van der Waals surface area contributed by atoms with Gasteiger partial charge in [-0.1, -0.05) is 6.07 Å². The first-order valence-corrected chi connectivity index (χ1v) is 6.38. The third-order valence-electron chi connectivity index (χ3n) is 3.57. The Kier molecular flexibility index (Phi) is 2.96. The molecule has 0 amide bonds. The van der Waals surface area contributed by atoms with Gasteiger partial charge in [-0.15, -0.1) is 0 Å². The fourth-order valence-corrected chi connectivity index (χ4v) is 2.57. The smallest absolute Gasteiger partial charge is 0.347 e. The normalized spacial score (nSPS) is 26.6. The van der Waals surface area contributed by atoms with Crippen molar-refractivity contribution in [2.45, 2.75) is 37.9 Å². The second-order valence-corrected chi connectivity index (χ2v) is 4.83. The number of fused-ring (bicyclic) bond motifs is 1. The zero-order chi connectivity index (χ0) is 12.5. The summed E-state index contributed by atoms with van der Waals surface area (Å²) in [5.74, 6) is 0.340. The van der Waals surface area contributed by atoms with Crippen molar-refractivity contribution in [3.05, 3.63) is 29.3 Å². The standard InChI is InChI=1S/C14H16O4/c15-12-3-1-2-9-4-5-10(8-11(9)12)18-13-6-7-17-14(13)16/h4-5,8,12-13,15H,1-3,6-7H2/t12-,13?/m0/s1. The summed E-state index contributed by atoms with van der Waals surface area (Å²) >= 11 is 0. The van der Waals surface area contributed by atoms with E-state index in [-0.39, 0.29) is 5.97 Å². The lowest BCUT2D eigenvalue weighted by Gasteiger charge is -2.22. The van der Waals surface area contributed by atoms with Gasteiger partial charge >= 0.3 is 5.97 Å². The minimum Gasteiger partial charge on any atom is -0.479 e. The monoisotopic (exact) mass is 248 g/mol. The van der Waals surface area contributed by atoms with Crippen molar-refractivity contribution in [2.24, 2.45) is 0 Å². The van der Waals surface area contributed by atoms with E-state index in [1.165, 1.54) is 5.56 Å². The van der Waals surface area contributed by atoms with Crippen LogP contribution in [-0.4, -0.2) is 23.8 Å². The fourth-order valence-electron chi connectivity index (χ4n) is 2.57. The summed E-state index contributed by atoms with van der Waals surface area (Å²) in [6.45, 7) is 0.428. The number of carbonyl (C=O) groups is 1. The van der Waals surface area contributed by atoms with Crippen LogP contribution in [0, 0.1) is 0 Å². The summed E-state index contributed by atoms with van der Waals surface area (Å²) in [6.07, 6.45) is 2.50. The van der Waals surface area contributed by atoms with Gasteiger partial charge in [0.15, 0.2) is 6.10 Å². The zero-order valence-electron chi connectivity index (χ0n) is 10.1. The highest BCUT2D eigenvalue weighted by molar-refractivity contribution is 5.76. The number of aryl methyl sites for hydroxylation is 1. The number of rotatable bonds is 2. The Labute approximate surface area is 106 Å². The predicted octanol–water partition coefficient (Wildman–Crippen LogP) is 1.75. The van der Waals surface area contributed by atoms with E-state index >= 15 is 0 Å². The number of aliphatic hydroxyl groups is 1. The van der Waals surface area contributed by atoms with Gasteiger partial charge in [0.1, 0.15) is 5.75 Å². The van der Waals surface area contributed by atoms with Crippen LogP contribution in [0.2, 0.25) is 0 Å². The van der Waals surface area contributed by atoms with Crippen LogP contribution >= 0.6 is 0 Å². The maximum absolute atomic E-state index is 11.3. The highest BCUT2D eigenvalue weighted by atomic mass is 16.6. The Bertz CT molecular complexity index is 469. The average Bonchev–Trinajstić information content (AvgIpc) is 2.76. The molecule has 1 N–H and O–H groups in total. The highest BCUT2D eigenvalue weighted by Crippen LogP contribution is 2.32. The Morgan fingerprint density at radius 1 is 1.33 bits per heavy atom. The molecule has 0 radical (unpaired) electrons. The van der Waals surface area contributed by atoms with Crippen molar-refractivity contribution >= 4 is 5.97 Å². The SMILES string of the molecule is O=C1OCCC1Oc1ccc2c(c1)[C@@H](O)CCC2. The van der Waals surface area contributed by atoms with E-state index in [9.17, 15) is 9.90 Å². The highest BCUT2D eigenvalue weighted by Gasteiger charge is 2.29. The minimum atomic E-state index is -0.496. The van der Waals surface area contributed by atoms with Crippen LogP contribution in [0.4, 0.5) is 0 Å². The molecule has 0 aromatic heterocycles. The van der Waals surface area contributed by atoms with Gasteiger partial charge in [-0.2, -0.15) is 0 Å². The largest absolute Gasteiger partial charge is 0.479 e. The lowest BCUT2D eigenvalue weighted by molar-refractivity contribution is -0.143. The first-order chi connectivity index (χ1) is 8.74. The number of carbonyl (C=O) groups excluding carboxylic acids is 1. The molecule has 0 saturated carbocycles. The van der Waals surface area contributed by atoms with Crippen LogP contribution in [0.25, 0.3) is 0 Å². The fraction of sp³-hybridized carbons (Fsp3) is 0.500. The molecular weight excluding hydrogens is 232 g/mol. The molecule has 4 heteroatoms. The topological polar surface area (TPSA) is 55.8 Å². The van der Waals surface area contributed by atoms with Crippen LogP contribution in [-0.2, 0) is 16.0 Å². The summed E-state index contributed by atoms with van der Waals surface area (Å²) in [4.78, 5) is 11.3. The molecule has 2 aliphatic rings. The number of hydrogen-bond acceptors (Lipinski definition) is 4. The zero-order valence-corrected chi connectivity index (χ0v) is 10.1. The molecule has 1 aromatic rings. The van der Waals surface area contributed by atoms with Crippen molar-refractivity contribution in [1.29, 1.82) is 0 Å². The van der Waals surface area contributed by atoms with Crippen LogP contribution in [0.15, 0.2) is 18.2 Å². The first-order valence-electron chi connectivity index (χ1n) is 6.38. The number of hydrogen-bond donors (Lipinski definition) is 1. The van der Waals surface area contributed by atoms with Gasteiger partial charge in [-0.05, 0) is 42.5 Å². The Morgan fingerprint density at radius 3 is 3.00 bits per heavy atom. The van der Waals surface area contributed by atoms with Crippen LogP contribution < -0.4 is 4.74 Å². The molecule has 3 rings (SSSR count). The van der Waals surface area contributed by atoms with Crippen molar-refractivity contribution < 1.29 is 19.4 Å². The van der Waals surface area contributed by atoms with E-state index in [4.69, 9.17) is 9.47 Å². The van der Waals surface area contributed by atoms with E-state index in [1.807, 2.05) is 18.2 Å². The number of ether oxygens (including phenoxy) is 2. The van der Waals surface area contributed by atoms with Gasteiger partial charge in [-0.3, -0.25) is 0 Å². The molecule has 0 bridgehead atoms. The molecule has 1 saturated heterocycles. The van der Waals surface area contributed by atoms with E-state index in [1.54, 1.807) is 0 Å². The molecule has 1 heterocycles. The van der Waals surface area contributed by atoms with Gasteiger partial charge in [0.2, 0.25) is 0 Å².